The average Bonchev–Trinajstić information content (AvgIpc) is 2.44. The number of piperazine rings is 1. The van der Waals surface area contributed by atoms with Crippen molar-refractivity contribution in [2.45, 2.75) is 90.9 Å². The molecular formula is C20H40N2O. The van der Waals surface area contributed by atoms with Crippen molar-refractivity contribution in [3.8, 4) is 0 Å². The minimum absolute atomic E-state index is 0.0181. The van der Waals surface area contributed by atoms with Crippen molar-refractivity contribution in [3.63, 3.8) is 0 Å². The Balaban J connectivity index is 1.61. The molecule has 0 atom stereocenters. The minimum atomic E-state index is 0.0181. The summed E-state index contributed by atoms with van der Waals surface area (Å²) in [6, 6.07) is 0. The van der Waals surface area contributed by atoms with Crippen LogP contribution in [-0.4, -0.2) is 59.8 Å². The maximum atomic E-state index is 6.15. The summed E-state index contributed by atoms with van der Waals surface area (Å²) < 4.78 is 6.15. The molecule has 0 radical (unpaired) electrons. The Bertz CT molecular complexity index is 340. The molecule has 2 fully saturated rings. The SMILES string of the molecule is CC(C)(C)OC1CCC(CCN2CCN(C(C)(C)C)CC2)CC1. The van der Waals surface area contributed by atoms with Gasteiger partial charge in [0.2, 0.25) is 0 Å². The fourth-order valence-corrected chi connectivity index (χ4v) is 4.05. The van der Waals surface area contributed by atoms with E-state index in [0.717, 1.165) is 5.92 Å². The molecule has 1 heterocycles. The van der Waals surface area contributed by atoms with Crippen molar-refractivity contribution >= 4 is 0 Å². The smallest absolute Gasteiger partial charge is 0.0602 e. The third-order valence-electron chi connectivity index (χ3n) is 5.49. The number of ether oxygens (including phenoxy) is 1. The van der Waals surface area contributed by atoms with Crippen LogP contribution < -0.4 is 0 Å². The van der Waals surface area contributed by atoms with Crippen LogP contribution in [0.15, 0.2) is 0 Å². The van der Waals surface area contributed by atoms with Crippen LogP contribution in [0.2, 0.25) is 0 Å². The lowest BCUT2D eigenvalue weighted by molar-refractivity contribution is -0.0789. The lowest BCUT2D eigenvalue weighted by Gasteiger charge is -2.42. The highest BCUT2D eigenvalue weighted by Crippen LogP contribution is 2.31. The molecule has 0 N–H and O–H groups in total. The summed E-state index contributed by atoms with van der Waals surface area (Å²) in [5.74, 6) is 0.926. The van der Waals surface area contributed by atoms with Gasteiger partial charge in [-0.05, 0) is 86.1 Å². The predicted octanol–water partition coefficient (Wildman–Crippen LogP) is 4.17. The van der Waals surface area contributed by atoms with Crippen molar-refractivity contribution in [3.05, 3.63) is 0 Å². The summed E-state index contributed by atoms with van der Waals surface area (Å²) in [6.07, 6.45) is 7.14. The first-order valence-corrected chi connectivity index (χ1v) is 9.79. The second-order valence-corrected chi connectivity index (χ2v) is 9.66. The van der Waals surface area contributed by atoms with Gasteiger partial charge in [0.1, 0.15) is 0 Å². The molecule has 0 aromatic heterocycles. The summed E-state index contributed by atoms with van der Waals surface area (Å²) in [4.78, 5) is 5.30. The second kappa shape index (κ2) is 7.84. The Labute approximate surface area is 144 Å². The molecule has 3 heteroatoms. The molecule has 1 aliphatic carbocycles. The Morgan fingerprint density at radius 1 is 0.826 bits per heavy atom. The van der Waals surface area contributed by atoms with Crippen molar-refractivity contribution in [2.24, 2.45) is 5.92 Å². The minimum Gasteiger partial charge on any atom is -0.373 e. The van der Waals surface area contributed by atoms with E-state index in [9.17, 15) is 0 Å². The quantitative estimate of drug-likeness (QED) is 0.772. The van der Waals surface area contributed by atoms with Gasteiger partial charge < -0.3 is 9.64 Å². The number of hydrogen-bond acceptors (Lipinski definition) is 3. The number of nitrogens with zero attached hydrogens (tertiary/aromatic N) is 2. The fraction of sp³-hybridized carbons (Fsp3) is 1.00. The highest BCUT2D eigenvalue weighted by molar-refractivity contribution is 4.83. The van der Waals surface area contributed by atoms with Gasteiger partial charge in [-0.1, -0.05) is 0 Å². The van der Waals surface area contributed by atoms with E-state index in [0.29, 0.717) is 11.6 Å². The average molecular weight is 325 g/mol. The molecule has 0 bridgehead atoms. The van der Waals surface area contributed by atoms with E-state index in [1.165, 1.54) is 64.8 Å². The zero-order chi connectivity index (χ0) is 17.1. The maximum Gasteiger partial charge on any atom is 0.0602 e. The Morgan fingerprint density at radius 3 is 1.87 bits per heavy atom. The van der Waals surface area contributed by atoms with E-state index in [1.807, 2.05) is 0 Å². The van der Waals surface area contributed by atoms with Crippen molar-refractivity contribution in [1.82, 2.24) is 9.80 Å². The summed E-state index contributed by atoms with van der Waals surface area (Å²) in [5.41, 5.74) is 0.349. The molecule has 136 valence electrons. The zero-order valence-corrected chi connectivity index (χ0v) is 16.5. The largest absolute Gasteiger partial charge is 0.373 e. The third-order valence-corrected chi connectivity index (χ3v) is 5.49. The highest BCUT2D eigenvalue weighted by atomic mass is 16.5. The van der Waals surface area contributed by atoms with Gasteiger partial charge in [-0.3, -0.25) is 4.90 Å². The molecule has 0 aromatic carbocycles. The van der Waals surface area contributed by atoms with Gasteiger partial charge in [-0.15, -0.1) is 0 Å². The summed E-state index contributed by atoms with van der Waals surface area (Å²) in [6.45, 7) is 19.8. The molecule has 1 aliphatic heterocycles. The lowest BCUT2D eigenvalue weighted by atomic mass is 9.85. The van der Waals surface area contributed by atoms with Gasteiger partial charge in [0, 0.05) is 31.7 Å². The molecule has 0 spiro atoms. The van der Waals surface area contributed by atoms with E-state index < -0.39 is 0 Å². The van der Waals surface area contributed by atoms with Crippen LogP contribution in [-0.2, 0) is 4.74 Å². The van der Waals surface area contributed by atoms with Gasteiger partial charge in [0.25, 0.3) is 0 Å². The summed E-state index contributed by atoms with van der Waals surface area (Å²) >= 11 is 0. The topological polar surface area (TPSA) is 15.7 Å². The van der Waals surface area contributed by atoms with Crippen LogP contribution in [0.25, 0.3) is 0 Å². The lowest BCUT2D eigenvalue weighted by Crippen LogP contribution is -2.53. The van der Waals surface area contributed by atoms with E-state index in [1.54, 1.807) is 0 Å². The van der Waals surface area contributed by atoms with E-state index >= 15 is 0 Å². The molecule has 23 heavy (non-hydrogen) atoms. The molecule has 2 aliphatic rings. The fourth-order valence-electron chi connectivity index (χ4n) is 4.05. The van der Waals surface area contributed by atoms with Crippen molar-refractivity contribution < 1.29 is 4.74 Å². The van der Waals surface area contributed by atoms with Crippen LogP contribution in [0.3, 0.4) is 0 Å². The molecule has 0 unspecified atom stereocenters. The van der Waals surface area contributed by atoms with E-state index in [-0.39, 0.29) is 5.60 Å². The number of hydrogen-bond donors (Lipinski definition) is 0. The highest BCUT2D eigenvalue weighted by Gasteiger charge is 2.28. The number of rotatable bonds is 4. The second-order valence-electron chi connectivity index (χ2n) is 9.66. The van der Waals surface area contributed by atoms with Crippen molar-refractivity contribution in [1.29, 1.82) is 0 Å². The van der Waals surface area contributed by atoms with Crippen LogP contribution >= 0.6 is 0 Å². The Kier molecular flexibility index (Phi) is 6.55. The van der Waals surface area contributed by atoms with Gasteiger partial charge in [0.05, 0.1) is 11.7 Å². The van der Waals surface area contributed by atoms with E-state index in [4.69, 9.17) is 4.74 Å². The molecule has 0 aromatic rings. The Hall–Kier alpha value is -0.120. The maximum absolute atomic E-state index is 6.15. The van der Waals surface area contributed by atoms with Crippen LogP contribution in [0, 0.1) is 5.92 Å². The van der Waals surface area contributed by atoms with Gasteiger partial charge in [-0.2, -0.15) is 0 Å². The summed E-state index contributed by atoms with van der Waals surface area (Å²) in [5, 5.41) is 0. The first-order valence-electron chi connectivity index (χ1n) is 9.79. The molecular weight excluding hydrogens is 284 g/mol. The van der Waals surface area contributed by atoms with Crippen LogP contribution in [0.5, 0.6) is 0 Å². The van der Waals surface area contributed by atoms with Crippen molar-refractivity contribution in [2.75, 3.05) is 32.7 Å². The molecule has 1 saturated heterocycles. The van der Waals surface area contributed by atoms with Crippen LogP contribution in [0.4, 0.5) is 0 Å². The zero-order valence-electron chi connectivity index (χ0n) is 16.5. The molecule has 3 nitrogen and oxygen atoms in total. The molecule has 1 saturated carbocycles. The van der Waals surface area contributed by atoms with Crippen LogP contribution in [0.1, 0.15) is 73.6 Å². The first kappa shape index (κ1) is 19.2. The summed E-state index contributed by atoms with van der Waals surface area (Å²) in [7, 11) is 0. The molecule has 2 rings (SSSR count). The normalized spacial score (nSPS) is 29.0. The standard InChI is InChI=1S/C20H40N2O/c1-19(2,3)22-15-13-21(14-16-22)12-11-17-7-9-18(10-8-17)23-20(4,5)6/h17-18H,7-16H2,1-6H3. The predicted molar refractivity (Wildman–Crippen MR) is 99.0 cm³/mol. The van der Waals surface area contributed by atoms with Gasteiger partial charge in [0.15, 0.2) is 0 Å². The Morgan fingerprint density at radius 2 is 1.39 bits per heavy atom. The monoisotopic (exact) mass is 324 g/mol. The van der Waals surface area contributed by atoms with E-state index in [2.05, 4.69) is 51.3 Å². The molecule has 0 amide bonds. The third kappa shape index (κ3) is 6.72. The first-order chi connectivity index (χ1) is 10.6. The van der Waals surface area contributed by atoms with Gasteiger partial charge >= 0.3 is 0 Å². The van der Waals surface area contributed by atoms with Gasteiger partial charge in [-0.25, -0.2) is 0 Å².